The number of hydrogen-bond acceptors (Lipinski definition) is 5. The van der Waals surface area contributed by atoms with E-state index in [1.165, 1.54) is 16.9 Å². The van der Waals surface area contributed by atoms with Gasteiger partial charge >= 0.3 is 0 Å². The summed E-state index contributed by atoms with van der Waals surface area (Å²) in [5.74, 6) is 1.13. The maximum atomic E-state index is 13.4. The van der Waals surface area contributed by atoms with Gasteiger partial charge in [-0.15, -0.1) is 0 Å². The van der Waals surface area contributed by atoms with Gasteiger partial charge in [0.1, 0.15) is 23.5 Å². The Kier molecular flexibility index (Phi) is 4.71. The van der Waals surface area contributed by atoms with Crippen LogP contribution in [-0.2, 0) is 13.0 Å². The molecular formula is C20H23F2N7O. The van der Waals surface area contributed by atoms with Gasteiger partial charge in [0.2, 0.25) is 0 Å². The second-order valence-electron chi connectivity index (χ2n) is 8.17. The average molecular weight is 415 g/mol. The van der Waals surface area contributed by atoms with Gasteiger partial charge in [-0.3, -0.25) is 4.79 Å². The van der Waals surface area contributed by atoms with Crippen molar-refractivity contribution in [2.24, 2.45) is 5.92 Å². The van der Waals surface area contributed by atoms with Crippen LogP contribution in [0, 0.1) is 5.92 Å². The van der Waals surface area contributed by atoms with Crippen molar-refractivity contribution in [2.75, 3.05) is 13.1 Å². The predicted octanol–water partition coefficient (Wildman–Crippen LogP) is 2.86. The zero-order chi connectivity index (χ0) is 20.8. The number of imidazole rings is 1. The highest BCUT2D eigenvalue weighted by Gasteiger charge is 2.34. The molecule has 2 atom stereocenters. The van der Waals surface area contributed by atoms with Crippen LogP contribution in [0.15, 0.2) is 18.6 Å². The molecule has 0 aromatic carbocycles. The van der Waals surface area contributed by atoms with Crippen molar-refractivity contribution in [1.29, 1.82) is 0 Å². The summed E-state index contributed by atoms with van der Waals surface area (Å²) in [4.78, 5) is 27.5. The first-order valence-electron chi connectivity index (χ1n) is 10.4. The maximum absolute atomic E-state index is 13.4. The minimum Gasteiger partial charge on any atom is -0.337 e. The second-order valence-corrected chi connectivity index (χ2v) is 8.17. The highest BCUT2D eigenvalue weighted by molar-refractivity contribution is 5.92. The lowest BCUT2D eigenvalue weighted by molar-refractivity contribution is 0.0653. The molecule has 10 heteroatoms. The fraction of sp³-hybridized carbons (Fsp3) is 0.550. The lowest BCUT2D eigenvalue weighted by Gasteiger charge is -2.37. The number of nitrogens with zero attached hydrogens (tertiary/aromatic N) is 7. The Labute approximate surface area is 171 Å². The number of carbonyl (C=O) groups is 1. The number of halogens is 2. The molecule has 30 heavy (non-hydrogen) atoms. The first-order chi connectivity index (χ1) is 14.5. The summed E-state index contributed by atoms with van der Waals surface area (Å²) >= 11 is 0. The van der Waals surface area contributed by atoms with Gasteiger partial charge in [-0.1, -0.05) is 6.92 Å². The first kappa shape index (κ1) is 19.1. The monoisotopic (exact) mass is 415 g/mol. The van der Waals surface area contributed by atoms with E-state index in [0.717, 1.165) is 38.1 Å². The number of fused-ring (bicyclic) bond motifs is 2. The summed E-state index contributed by atoms with van der Waals surface area (Å²) in [6, 6.07) is 1.40. The molecule has 1 saturated heterocycles. The molecule has 0 bridgehead atoms. The molecule has 5 rings (SSSR count). The molecule has 8 nitrogen and oxygen atoms in total. The standard InChI is InChI=1S/C20H23F2N7O/c1-12-5-7-27(19(30)16-9-23-17-4-2-3-6-28(16)17)10-13(12)15-8-14(18(21)22)26-20-24-11-25-29(15)20/h8-9,11-13,18H,2-7,10H2,1H3/t12-,13-/m1/s1. The van der Waals surface area contributed by atoms with Crippen molar-refractivity contribution in [1.82, 2.24) is 34.0 Å². The van der Waals surface area contributed by atoms with Crippen molar-refractivity contribution in [3.63, 3.8) is 0 Å². The molecule has 2 aliphatic rings. The number of carbonyl (C=O) groups excluding carboxylic acids is 1. The number of aromatic nitrogens is 6. The molecule has 0 radical (unpaired) electrons. The fourth-order valence-corrected chi connectivity index (χ4v) is 4.62. The van der Waals surface area contributed by atoms with Crippen LogP contribution < -0.4 is 0 Å². The molecule has 5 heterocycles. The Bertz CT molecular complexity index is 1090. The Morgan fingerprint density at radius 3 is 2.93 bits per heavy atom. The van der Waals surface area contributed by atoms with Gasteiger partial charge in [-0.25, -0.2) is 23.3 Å². The number of hydrogen-bond donors (Lipinski definition) is 0. The van der Waals surface area contributed by atoms with Crippen molar-refractivity contribution < 1.29 is 13.6 Å². The van der Waals surface area contributed by atoms with Gasteiger partial charge in [0.05, 0.1) is 11.9 Å². The van der Waals surface area contributed by atoms with Crippen LogP contribution in [-0.4, -0.2) is 53.0 Å². The van der Waals surface area contributed by atoms with E-state index in [9.17, 15) is 13.6 Å². The molecule has 0 saturated carbocycles. The average Bonchev–Trinajstić information content (AvgIpc) is 3.40. The van der Waals surface area contributed by atoms with Gasteiger partial charge in [-0.2, -0.15) is 10.1 Å². The second kappa shape index (κ2) is 7.41. The van der Waals surface area contributed by atoms with Crippen molar-refractivity contribution >= 4 is 11.7 Å². The maximum Gasteiger partial charge on any atom is 0.280 e. The zero-order valence-electron chi connectivity index (χ0n) is 16.7. The van der Waals surface area contributed by atoms with Crippen molar-refractivity contribution in [3.05, 3.63) is 41.5 Å². The molecule has 0 unspecified atom stereocenters. The fourth-order valence-electron chi connectivity index (χ4n) is 4.62. The van der Waals surface area contributed by atoms with E-state index in [1.807, 2.05) is 9.47 Å². The quantitative estimate of drug-likeness (QED) is 0.657. The molecule has 1 fully saturated rings. The summed E-state index contributed by atoms with van der Waals surface area (Å²) in [6.07, 6.45) is 4.10. The molecular weight excluding hydrogens is 392 g/mol. The van der Waals surface area contributed by atoms with Gasteiger partial charge in [0.15, 0.2) is 0 Å². The van der Waals surface area contributed by atoms with Crippen LogP contribution in [0.1, 0.15) is 66.2 Å². The Morgan fingerprint density at radius 2 is 2.10 bits per heavy atom. The number of rotatable bonds is 3. The molecule has 2 aliphatic heterocycles. The molecule has 0 spiro atoms. The van der Waals surface area contributed by atoms with Crippen LogP contribution >= 0.6 is 0 Å². The number of likely N-dealkylation sites (tertiary alicyclic amines) is 1. The van der Waals surface area contributed by atoms with Crippen molar-refractivity contribution in [3.8, 4) is 0 Å². The van der Waals surface area contributed by atoms with Crippen molar-refractivity contribution in [2.45, 2.75) is 51.5 Å². The summed E-state index contributed by atoms with van der Waals surface area (Å²) in [6.45, 7) is 3.95. The Balaban J connectivity index is 1.47. The number of piperidine rings is 1. The van der Waals surface area contributed by atoms with Crippen LogP contribution in [0.4, 0.5) is 8.78 Å². The topological polar surface area (TPSA) is 81.2 Å². The van der Waals surface area contributed by atoms with Crippen LogP contribution in [0.25, 0.3) is 5.78 Å². The third kappa shape index (κ3) is 3.14. The highest BCUT2D eigenvalue weighted by Crippen LogP contribution is 2.34. The summed E-state index contributed by atoms with van der Waals surface area (Å²) in [7, 11) is 0. The lowest BCUT2D eigenvalue weighted by atomic mass is 9.84. The SMILES string of the molecule is C[C@@H]1CCN(C(=O)c2cnc3n2CCCC3)C[C@H]1c1cc(C(F)F)nc2ncnn12. The zero-order valence-corrected chi connectivity index (χ0v) is 16.7. The van der Waals surface area contributed by atoms with Gasteiger partial charge in [0.25, 0.3) is 18.1 Å². The van der Waals surface area contributed by atoms with Gasteiger partial charge in [0, 0.05) is 32.0 Å². The summed E-state index contributed by atoms with van der Waals surface area (Å²) in [5.41, 5.74) is 0.922. The first-order valence-corrected chi connectivity index (χ1v) is 10.4. The van der Waals surface area contributed by atoms with E-state index in [0.29, 0.717) is 24.5 Å². The van der Waals surface area contributed by atoms with E-state index in [-0.39, 0.29) is 29.2 Å². The highest BCUT2D eigenvalue weighted by atomic mass is 19.3. The van der Waals surface area contributed by atoms with E-state index >= 15 is 0 Å². The van der Waals surface area contributed by atoms with Crippen LogP contribution in [0.5, 0.6) is 0 Å². The minimum absolute atomic E-state index is 0.0504. The van der Waals surface area contributed by atoms with Crippen LogP contribution in [0.2, 0.25) is 0 Å². The molecule has 1 amide bonds. The largest absolute Gasteiger partial charge is 0.337 e. The number of aryl methyl sites for hydroxylation is 1. The molecule has 158 valence electrons. The third-order valence-corrected chi connectivity index (χ3v) is 6.34. The van der Waals surface area contributed by atoms with Gasteiger partial charge in [-0.05, 0) is 31.2 Å². The number of alkyl halides is 2. The van der Waals surface area contributed by atoms with E-state index in [2.05, 4.69) is 27.0 Å². The third-order valence-electron chi connectivity index (χ3n) is 6.34. The predicted molar refractivity (Wildman–Crippen MR) is 103 cm³/mol. The molecule has 3 aromatic rings. The molecule has 0 aliphatic carbocycles. The number of amides is 1. The van der Waals surface area contributed by atoms with E-state index < -0.39 is 6.43 Å². The van der Waals surface area contributed by atoms with E-state index in [1.54, 1.807) is 6.20 Å². The van der Waals surface area contributed by atoms with Crippen LogP contribution in [0.3, 0.4) is 0 Å². The minimum atomic E-state index is -2.69. The Hall–Kier alpha value is -2.91. The molecule has 3 aromatic heterocycles. The van der Waals surface area contributed by atoms with Gasteiger partial charge < -0.3 is 9.47 Å². The lowest BCUT2D eigenvalue weighted by Crippen LogP contribution is -2.43. The smallest absolute Gasteiger partial charge is 0.280 e. The summed E-state index contributed by atoms with van der Waals surface area (Å²) < 4.78 is 30.3. The Morgan fingerprint density at radius 1 is 1.23 bits per heavy atom. The molecule has 0 N–H and O–H groups in total. The summed E-state index contributed by atoms with van der Waals surface area (Å²) in [5, 5.41) is 4.19. The normalized spacial score (nSPS) is 21.9. The van der Waals surface area contributed by atoms with E-state index in [4.69, 9.17) is 0 Å².